The molecule has 0 saturated heterocycles. The highest BCUT2D eigenvalue weighted by molar-refractivity contribution is 5.43. The van der Waals surface area contributed by atoms with Crippen LogP contribution in [0.15, 0.2) is 36.5 Å². The van der Waals surface area contributed by atoms with E-state index in [4.69, 9.17) is 9.84 Å². The van der Waals surface area contributed by atoms with Gasteiger partial charge in [0.1, 0.15) is 5.75 Å². The summed E-state index contributed by atoms with van der Waals surface area (Å²) in [7, 11) is 0. The predicted molar refractivity (Wildman–Crippen MR) is 83.6 cm³/mol. The van der Waals surface area contributed by atoms with E-state index in [-0.39, 0.29) is 12.6 Å². The normalized spacial score (nSPS) is 12.2. The fourth-order valence-electron chi connectivity index (χ4n) is 2.06. The van der Waals surface area contributed by atoms with Gasteiger partial charge in [-0.1, -0.05) is 24.3 Å². The minimum atomic E-state index is 0.0400. The molecule has 21 heavy (non-hydrogen) atoms. The molecule has 0 radical (unpaired) electrons. The number of nitrogens with one attached hydrogen (secondary N) is 1. The summed E-state index contributed by atoms with van der Waals surface area (Å²) in [6.07, 6.45) is 1.72. The summed E-state index contributed by atoms with van der Waals surface area (Å²) in [5, 5.41) is 12.3. The summed E-state index contributed by atoms with van der Waals surface area (Å²) in [5.74, 6) is 1.46. The van der Waals surface area contributed by atoms with Gasteiger partial charge in [-0.2, -0.15) is 0 Å². The lowest BCUT2D eigenvalue weighted by atomic mass is 10.1. The predicted octanol–water partition coefficient (Wildman–Crippen LogP) is 2.96. The van der Waals surface area contributed by atoms with Crippen molar-refractivity contribution < 1.29 is 9.84 Å². The summed E-state index contributed by atoms with van der Waals surface area (Å²) < 4.78 is 6.02. The van der Waals surface area contributed by atoms with Crippen LogP contribution in [0, 0.1) is 13.8 Å². The van der Waals surface area contributed by atoms with E-state index in [0.717, 1.165) is 22.4 Å². The average molecular weight is 286 g/mol. The van der Waals surface area contributed by atoms with Crippen molar-refractivity contribution >= 4 is 0 Å². The molecule has 1 heterocycles. The average Bonchev–Trinajstić information content (AvgIpc) is 2.49. The number of aryl methyl sites for hydroxylation is 2. The Hall–Kier alpha value is -1.91. The standard InChI is InChI=1S/C17H22N2O2/c1-12-6-4-7-13(2)16(12)21-17-15(8-5-9-18-17)10-19-14(3)11-20/h4-9,14,19-20H,10-11H2,1-3H3. The van der Waals surface area contributed by atoms with Crippen molar-refractivity contribution in [3.05, 3.63) is 53.2 Å². The second-order valence-electron chi connectivity index (χ2n) is 5.26. The van der Waals surface area contributed by atoms with Crippen molar-refractivity contribution in [2.45, 2.75) is 33.4 Å². The first-order valence-electron chi connectivity index (χ1n) is 7.14. The maximum atomic E-state index is 9.08. The zero-order chi connectivity index (χ0) is 15.2. The maximum absolute atomic E-state index is 9.08. The number of para-hydroxylation sites is 1. The largest absolute Gasteiger partial charge is 0.438 e. The van der Waals surface area contributed by atoms with Crippen LogP contribution in [-0.2, 0) is 6.54 Å². The van der Waals surface area contributed by atoms with Crippen LogP contribution in [0.2, 0.25) is 0 Å². The molecule has 1 aromatic heterocycles. The molecule has 1 atom stereocenters. The van der Waals surface area contributed by atoms with Crippen LogP contribution in [0.4, 0.5) is 0 Å². The first kappa shape index (κ1) is 15.5. The molecule has 0 amide bonds. The molecule has 0 saturated carbocycles. The highest BCUT2D eigenvalue weighted by atomic mass is 16.5. The highest BCUT2D eigenvalue weighted by Crippen LogP contribution is 2.29. The minimum Gasteiger partial charge on any atom is -0.438 e. The summed E-state index contributed by atoms with van der Waals surface area (Å²) in [6.45, 7) is 6.69. The van der Waals surface area contributed by atoms with Crippen LogP contribution >= 0.6 is 0 Å². The Morgan fingerprint density at radius 2 is 1.90 bits per heavy atom. The lowest BCUT2D eigenvalue weighted by Gasteiger charge is -2.15. The summed E-state index contributed by atoms with van der Waals surface area (Å²) in [5.41, 5.74) is 3.15. The lowest BCUT2D eigenvalue weighted by molar-refractivity contribution is 0.250. The summed E-state index contributed by atoms with van der Waals surface area (Å²) in [4.78, 5) is 4.34. The van der Waals surface area contributed by atoms with Gasteiger partial charge in [-0.15, -0.1) is 0 Å². The minimum absolute atomic E-state index is 0.0400. The monoisotopic (exact) mass is 286 g/mol. The van der Waals surface area contributed by atoms with E-state index in [1.165, 1.54) is 0 Å². The Kier molecular flexibility index (Phi) is 5.31. The number of aliphatic hydroxyl groups is 1. The van der Waals surface area contributed by atoms with E-state index in [2.05, 4.69) is 10.3 Å². The molecule has 1 aromatic carbocycles. The molecule has 112 valence electrons. The van der Waals surface area contributed by atoms with E-state index < -0.39 is 0 Å². The van der Waals surface area contributed by atoms with Crippen LogP contribution in [0.5, 0.6) is 11.6 Å². The second-order valence-corrected chi connectivity index (χ2v) is 5.26. The number of rotatable bonds is 6. The number of hydrogen-bond acceptors (Lipinski definition) is 4. The molecule has 1 unspecified atom stereocenters. The van der Waals surface area contributed by atoms with Gasteiger partial charge >= 0.3 is 0 Å². The van der Waals surface area contributed by atoms with Gasteiger partial charge in [-0.25, -0.2) is 4.98 Å². The molecule has 0 aliphatic heterocycles. The molecule has 0 aliphatic rings. The van der Waals surface area contributed by atoms with Gasteiger partial charge in [-0.3, -0.25) is 0 Å². The third-order valence-corrected chi connectivity index (χ3v) is 3.37. The Labute approximate surface area is 125 Å². The molecule has 0 aliphatic carbocycles. The quantitative estimate of drug-likeness (QED) is 0.857. The number of pyridine rings is 1. The van der Waals surface area contributed by atoms with Gasteiger partial charge in [0.15, 0.2) is 0 Å². The van der Waals surface area contributed by atoms with Gasteiger partial charge in [0.05, 0.1) is 6.61 Å². The highest BCUT2D eigenvalue weighted by Gasteiger charge is 2.10. The summed E-state index contributed by atoms with van der Waals surface area (Å²) in [6, 6.07) is 9.97. The number of hydrogen-bond donors (Lipinski definition) is 2. The Bertz CT molecular complexity index is 579. The van der Waals surface area contributed by atoms with E-state index in [1.54, 1.807) is 6.20 Å². The number of aliphatic hydroxyl groups excluding tert-OH is 1. The van der Waals surface area contributed by atoms with Crippen molar-refractivity contribution in [1.29, 1.82) is 0 Å². The number of nitrogens with zero attached hydrogens (tertiary/aromatic N) is 1. The second kappa shape index (κ2) is 7.20. The van der Waals surface area contributed by atoms with Crippen LogP contribution in [0.25, 0.3) is 0 Å². The third-order valence-electron chi connectivity index (χ3n) is 3.37. The molecule has 2 rings (SSSR count). The molecule has 4 heteroatoms. The topological polar surface area (TPSA) is 54.4 Å². The van der Waals surface area contributed by atoms with Crippen molar-refractivity contribution in [1.82, 2.24) is 10.3 Å². The first-order chi connectivity index (χ1) is 10.1. The number of ether oxygens (including phenoxy) is 1. The van der Waals surface area contributed by atoms with Gasteiger partial charge in [-0.05, 0) is 38.0 Å². The van der Waals surface area contributed by atoms with E-state index in [1.807, 2.05) is 51.1 Å². The zero-order valence-corrected chi connectivity index (χ0v) is 12.8. The van der Waals surface area contributed by atoms with Crippen molar-refractivity contribution in [2.75, 3.05) is 6.61 Å². The fraction of sp³-hybridized carbons (Fsp3) is 0.353. The first-order valence-corrected chi connectivity index (χ1v) is 7.14. The van der Waals surface area contributed by atoms with E-state index >= 15 is 0 Å². The van der Waals surface area contributed by atoms with Crippen molar-refractivity contribution in [2.24, 2.45) is 0 Å². The number of aromatic nitrogens is 1. The molecular formula is C17H22N2O2. The Morgan fingerprint density at radius 3 is 2.57 bits per heavy atom. The molecule has 2 aromatic rings. The maximum Gasteiger partial charge on any atom is 0.223 e. The van der Waals surface area contributed by atoms with E-state index in [9.17, 15) is 0 Å². The Balaban J connectivity index is 2.20. The van der Waals surface area contributed by atoms with Crippen molar-refractivity contribution in [3.8, 4) is 11.6 Å². The van der Waals surface area contributed by atoms with Crippen molar-refractivity contribution in [3.63, 3.8) is 0 Å². The van der Waals surface area contributed by atoms with Gasteiger partial charge in [0, 0.05) is 24.3 Å². The SMILES string of the molecule is Cc1cccc(C)c1Oc1ncccc1CNC(C)CO. The molecule has 0 fully saturated rings. The molecule has 2 N–H and O–H groups in total. The smallest absolute Gasteiger partial charge is 0.223 e. The van der Waals surface area contributed by atoms with Gasteiger partial charge in [0.25, 0.3) is 0 Å². The fourth-order valence-corrected chi connectivity index (χ4v) is 2.06. The zero-order valence-electron chi connectivity index (χ0n) is 12.8. The van der Waals surface area contributed by atoms with Crippen LogP contribution in [-0.4, -0.2) is 22.7 Å². The molecule has 0 spiro atoms. The molecular weight excluding hydrogens is 264 g/mol. The van der Waals surface area contributed by atoms with Gasteiger partial charge in [0.2, 0.25) is 5.88 Å². The molecule has 0 bridgehead atoms. The molecule has 4 nitrogen and oxygen atoms in total. The van der Waals surface area contributed by atoms with E-state index in [0.29, 0.717) is 12.4 Å². The van der Waals surface area contributed by atoms with Gasteiger partial charge < -0.3 is 15.2 Å². The van der Waals surface area contributed by atoms with Crippen LogP contribution in [0.1, 0.15) is 23.6 Å². The summed E-state index contributed by atoms with van der Waals surface area (Å²) >= 11 is 0. The van der Waals surface area contributed by atoms with Crippen LogP contribution in [0.3, 0.4) is 0 Å². The number of benzene rings is 1. The van der Waals surface area contributed by atoms with Crippen LogP contribution < -0.4 is 10.1 Å². The Morgan fingerprint density at radius 1 is 1.19 bits per heavy atom. The lowest BCUT2D eigenvalue weighted by Crippen LogP contribution is -2.28. The third kappa shape index (κ3) is 4.03.